The summed E-state index contributed by atoms with van der Waals surface area (Å²) in [4.78, 5) is 1.47. The van der Waals surface area contributed by atoms with E-state index in [4.69, 9.17) is 0 Å². The molecule has 0 aliphatic carbocycles. The van der Waals surface area contributed by atoms with Crippen molar-refractivity contribution in [2.24, 2.45) is 0 Å². The van der Waals surface area contributed by atoms with Gasteiger partial charge in [0.05, 0.1) is 0 Å². The number of rotatable bonds is 1. The largest absolute Gasteiger partial charge is 0.118 e. The fraction of sp³-hybridized carbons (Fsp3) is 0.250. The van der Waals surface area contributed by atoms with Crippen molar-refractivity contribution in [1.29, 1.82) is 0 Å². The van der Waals surface area contributed by atoms with E-state index < -0.39 is 0 Å². The molecule has 1 heterocycles. The van der Waals surface area contributed by atoms with Crippen molar-refractivity contribution < 1.29 is 0 Å². The van der Waals surface area contributed by atoms with Gasteiger partial charge in [0.25, 0.3) is 0 Å². The van der Waals surface area contributed by atoms with Crippen LogP contribution in [0.2, 0.25) is 0 Å². The number of benzene rings is 2. The molecule has 0 amide bonds. The quantitative estimate of drug-likeness (QED) is 0.691. The Morgan fingerprint density at radius 2 is 1.88 bits per heavy atom. The van der Waals surface area contributed by atoms with Gasteiger partial charge in [-0.2, -0.15) is 0 Å². The molecule has 0 aromatic heterocycles. The van der Waals surface area contributed by atoms with E-state index in [-0.39, 0.29) is 0 Å². The highest BCUT2D eigenvalue weighted by Gasteiger charge is 2.20. The van der Waals surface area contributed by atoms with Crippen molar-refractivity contribution in [1.82, 2.24) is 0 Å². The van der Waals surface area contributed by atoms with Gasteiger partial charge in [-0.3, -0.25) is 0 Å². The van der Waals surface area contributed by atoms with E-state index in [9.17, 15) is 0 Å². The third-order valence-corrected chi connectivity index (χ3v) is 4.78. The van der Waals surface area contributed by atoms with Crippen molar-refractivity contribution in [2.75, 3.05) is 0 Å². The maximum absolute atomic E-state index is 2.34. The molecule has 0 saturated carbocycles. The van der Waals surface area contributed by atoms with Crippen LogP contribution in [-0.4, -0.2) is 0 Å². The standard InChI is InChI=1S/C16H16S/c1-12-7-9-16-14(11-12)8-10-15(17-16)13-5-3-2-4-6-13/h2-7,9,11,15H,8,10H2,1H3/t15-/m0/s1. The Hall–Kier alpha value is -1.21. The van der Waals surface area contributed by atoms with Crippen LogP contribution in [-0.2, 0) is 6.42 Å². The molecule has 86 valence electrons. The van der Waals surface area contributed by atoms with Crippen molar-refractivity contribution in [3.8, 4) is 0 Å². The van der Waals surface area contributed by atoms with Crippen molar-refractivity contribution in [3.05, 3.63) is 65.2 Å². The third kappa shape index (κ3) is 2.25. The zero-order chi connectivity index (χ0) is 11.7. The molecule has 1 heteroatoms. The van der Waals surface area contributed by atoms with Gasteiger partial charge in [0.2, 0.25) is 0 Å². The van der Waals surface area contributed by atoms with E-state index in [1.165, 1.54) is 34.4 Å². The maximum Gasteiger partial charge on any atom is 0.0347 e. The predicted molar refractivity (Wildman–Crippen MR) is 74.5 cm³/mol. The normalized spacial score (nSPS) is 18.8. The first kappa shape index (κ1) is 10.9. The molecule has 0 N–H and O–H groups in total. The summed E-state index contributed by atoms with van der Waals surface area (Å²) in [5.74, 6) is 0. The first-order chi connectivity index (χ1) is 8.33. The lowest BCUT2D eigenvalue weighted by molar-refractivity contribution is 0.771. The molecule has 0 nitrogen and oxygen atoms in total. The van der Waals surface area contributed by atoms with Crippen LogP contribution < -0.4 is 0 Å². The second-order valence-corrected chi connectivity index (χ2v) is 5.91. The van der Waals surface area contributed by atoms with Crippen molar-refractivity contribution in [3.63, 3.8) is 0 Å². The molecular weight excluding hydrogens is 224 g/mol. The molecule has 2 aromatic carbocycles. The van der Waals surface area contributed by atoms with Crippen LogP contribution in [0.5, 0.6) is 0 Å². The SMILES string of the molecule is Cc1ccc2c(c1)CC[C@@H](c1ccccc1)S2. The molecule has 2 aromatic rings. The van der Waals surface area contributed by atoms with Gasteiger partial charge >= 0.3 is 0 Å². The van der Waals surface area contributed by atoms with Crippen molar-refractivity contribution >= 4 is 11.8 Å². The third-order valence-electron chi connectivity index (χ3n) is 3.33. The van der Waals surface area contributed by atoms with Crippen LogP contribution >= 0.6 is 11.8 Å². The number of fused-ring (bicyclic) bond motifs is 1. The molecule has 0 saturated heterocycles. The van der Waals surface area contributed by atoms with E-state index in [0.29, 0.717) is 5.25 Å². The Labute approximate surface area is 107 Å². The molecule has 3 rings (SSSR count). The summed E-state index contributed by atoms with van der Waals surface area (Å²) in [6.45, 7) is 2.17. The van der Waals surface area contributed by atoms with Gasteiger partial charge in [-0.1, -0.05) is 48.0 Å². The number of aryl methyl sites for hydroxylation is 2. The van der Waals surface area contributed by atoms with Crippen LogP contribution in [0.4, 0.5) is 0 Å². The minimum absolute atomic E-state index is 0.631. The fourth-order valence-electron chi connectivity index (χ4n) is 2.42. The Balaban J connectivity index is 1.88. The smallest absolute Gasteiger partial charge is 0.0347 e. The summed E-state index contributed by atoms with van der Waals surface area (Å²) >= 11 is 2.02. The second-order valence-electron chi connectivity index (χ2n) is 4.67. The van der Waals surface area contributed by atoms with Crippen LogP contribution in [0, 0.1) is 6.92 Å². The van der Waals surface area contributed by atoms with Crippen LogP contribution in [0.15, 0.2) is 53.4 Å². The molecule has 0 fully saturated rings. The molecule has 0 unspecified atom stereocenters. The lowest BCUT2D eigenvalue weighted by Crippen LogP contribution is -2.04. The van der Waals surface area contributed by atoms with Crippen molar-refractivity contribution in [2.45, 2.75) is 29.9 Å². The maximum atomic E-state index is 2.34. The minimum Gasteiger partial charge on any atom is -0.118 e. The summed E-state index contributed by atoms with van der Waals surface area (Å²) in [7, 11) is 0. The summed E-state index contributed by atoms with van der Waals surface area (Å²) in [5, 5.41) is 0.631. The monoisotopic (exact) mass is 240 g/mol. The molecule has 17 heavy (non-hydrogen) atoms. The van der Waals surface area contributed by atoms with Crippen LogP contribution in [0.25, 0.3) is 0 Å². The van der Waals surface area contributed by atoms with Crippen LogP contribution in [0.1, 0.15) is 28.4 Å². The van der Waals surface area contributed by atoms with Gasteiger partial charge in [-0.25, -0.2) is 0 Å². The summed E-state index contributed by atoms with van der Waals surface area (Å²) in [6.07, 6.45) is 2.47. The van der Waals surface area contributed by atoms with Crippen LogP contribution in [0.3, 0.4) is 0 Å². The average molecular weight is 240 g/mol. The second kappa shape index (κ2) is 4.58. The molecule has 0 radical (unpaired) electrons. The van der Waals surface area contributed by atoms with Gasteiger partial charge in [0, 0.05) is 10.1 Å². The lowest BCUT2D eigenvalue weighted by Gasteiger charge is -2.24. The molecule has 1 aliphatic heterocycles. The summed E-state index contributed by atoms with van der Waals surface area (Å²) < 4.78 is 0. The zero-order valence-corrected chi connectivity index (χ0v) is 10.8. The van der Waals surface area contributed by atoms with Gasteiger partial charge < -0.3 is 0 Å². The Bertz CT molecular complexity index is 516. The predicted octanol–water partition coefficient (Wildman–Crippen LogP) is 4.77. The highest BCUT2D eigenvalue weighted by molar-refractivity contribution is 7.99. The van der Waals surface area contributed by atoms with E-state index in [2.05, 4.69) is 55.5 Å². The topological polar surface area (TPSA) is 0 Å². The number of thioether (sulfide) groups is 1. The zero-order valence-electron chi connectivity index (χ0n) is 10.0. The number of hydrogen-bond donors (Lipinski definition) is 0. The first-order valence-electron chi connectivity index (χ1n) is 6.14. The molecular formula is C16H16S. The van der Waals surface area contributed by atoms with E-state index in [0.717, 1.165) is 0 Å². The number of hydrogen-bond acceptors (Lipinski definition) is 1. The summed E-state index contributed by atoms with van der Waals surface area (Å²) in [6, 6.07) is 17.7. The average Bonchev–Trinajstić information content (AvgIpc) is 2.39. The minimum atomic E-state index is 0.631. The Morgan fingerprint density at radius 1 is 1.06 bits per heavy atom. The Morgan fingerprint density at radius 3 is 2.71 bits per heavy atom. The van der Waals surface area contributed by atoms with Gasteiger partial charge in [-0.15, -0.1) is 11.8 Å². The van der Waals surface area contributed by atoms with E-state index in [1.807, 2.05) is 11.8 Å². The van der Waals surface area contributed by atoms with E-state index in [1.54, 1.807) is 0 Å². The highest BCUT2D eigenvalue weighted by atomic mass is 32.2. The molecule has 0 spiro atoms. The summed E-state index contributed by atoms with van der Waals surface area (Å²) in [5.41, 5.74) is 4.37. The molecule has 0 bridgehead atoms. The molecule has 1 atom stereocenters. The van der Waals surface area contributed by atoms with Gasteiger partial charge in [-0.05, 0) is 37.0 Å². The first-order valence-corrected chi connectivity index (χ1v) is 7.02. The molecule has 1 aliphatic rings. The van der Waals surface area contributed by atoms with Gasteiger partial charge in [0.1, 0.15) is 0 Å². The fourth-order valence-corrected chi connectivity index (χ4v) is 3.71. The highest BCUT2D eigenvalue weighted by Crippen LogP contribution is 2.44. The Kier molecular flexibility index (Phi) is 2.94. The van der Waals surface area contributed by atoms with Gasteiger partial charge in [0.15, 0.2) is 0 Å². The lowest BCUT2D eigenvalue weighted by atomic mass is 10.0. The van der Waals surface area contributed by atoms with E-state index >= 15 is 0 Å².